The Kier molecular flexibility index (Phi) is 8.25. The number of aryl methyl sites for hydroxylation is 1. The molecular weight excluding hydrogens is 264 g/mol. The summed E-state index contributed by atoms with van der Waals surface area (Å²) in [5, 5.41) is 9.69. The standard InChI is InChI=1S/C18H26O3/c1-3-4-6-10-16(19)11-8-5-7-9-15-12-13-18(21-2)17(20)14-15/h8,11-14,20H,3-7,9-10H2,1-2H3. The second kappa shape index (κ2) is 10.0. The fourth-order valence-electron chi connectivity index (χ4n) is 2.16. The minimum atomic E-state index is 0.177. The summed E-state index contributed by atoms with van der Waals surface area (Å²) < 4.78 is 5.01. The zero-order valence-electron chi connectivity index (χ0n) is 13.1. The van der Waals surface area contributed by atoms with E-state index in [0.29, 0.717) is 12.2 Å². The van der Waals surface area contributed by atoms with Gasteiger partial charge in [0.15, 0.2) is 17.3 Å². The summed E-state index contributed by atoms with van der Waals surface area (Å²) in [5.74, 6) is 0.901. The molecule has 0 aliphatic rings. The Balaban J connectivity index is 2.24. The van der Waals surface area contributed by atoms with Gasteiger partial charge < -0.3 is 9.84 Å². The monoisotopic (exact) mass is 290 g/mol. The third-order valence-corrected chi connectivity index (χ3v) is 3.41. The maximum Gasteiger partial charge on any atom is 0.160 e. The van der Waals surface area contributed by atoms with Crippen LogP contribution < -0.4 is 4.74 Å². The number of carbonyl (C=O) groups is 1. The molecule has 0 saturated carbocycles. The molecule has 0 aliphatic heterocycles. The smallest absolute Gasteiger partial charge is 0.160 e. The van der Waals surface area contributed by atoms with Crippen molar-refractivity contribution in [2.24, 2.45) is 0 Å². The highest BCUT2D eigenvalue weighted by Gasteiger charge is 2.02. The number of ether oxygens (including phenoxy) is 1. The maximum absolute atomic E-state index is 11.5. The lowest BCUT2D eigenvalue weighted by Gasteiger charge is -2.05. The topological polar surface area (TPSA) is 46.5 Å². The van der Waals surface area contributed by atoms with Crippen LogP contribution in [0.3, 0.4) is 0 Å². The number of hydrogen-bond acceptors (Lipinski definition) is 3. The number of hydrogen-bond donors (Lipinski definition) is 1. The Morgan fingerprint density at radius 1 is 1.29 bits per heavy atom. The van der Waals surface area contributed by atoms with Gasteiger partial charge in [-0.05, 0) is 49.5 Å². The predicted octanol–water partition coefficient (Wildman–Crippen LogP) is 4.43. The van der Waals surface area contributed by atoms with Crippen LogP contribution in [0.15, 0.2) is 30.4 Å². The Bertz CT molecular complexity index is 464. The highest BCUT2D eigenvalue weighted by atomic mass is 16.5. The fraction of sp³-hybridized carbons (Fsp3) is 0.500. The van der Waals surface area contributed by atoms with Crippen LogP contribution in [0, 0.1) is 0 Å². The van der Waals surface area contributed by atoms with Crippen molar-refractivity contribution in [1.29, 1.82) is 0 Å². The summed E-state index contributed by atoms with van der Waals surface area (Å²) in [7, 11) is 1.54. The van der Waals surface area contributed by atoms with E-state index in [2.05, 4.69) is 6.92 Å². The van der Waals surface area contributed by atoms with Gasteiger partial charge in [-0.2, -0.15) is 0 Å². The lowest BCUT2D eigenvalue weighted by molar-refractivity contribution is -0.114. The number of allylic oxidation sites excluding steroid dienone is 2. The minimum absolute atomic E-state index is 0.177. The van der Waals surface area contributed by atoms with Gasteiger partial charge in [0, 0.05) is 6.42 Å². The molecule has 0 bridgehead atoms. The van der Waals surface area contributed by atoms with E-state index in [-0.39, 0.29) is 11.5 Å². The normalized spacial score (nSPS) is 11.0. The van der Waals surface area contributed by atoms with Crippen LogP contribution in [0.2, 0.25) is 0 Å². The van der Waals surface area contributed by atoms with Gasteiger partial charge in [-0.3, -0.25) is 4.79 Å². The quantitative estimate of drug-likeness (QED) is 0.512. The van der Waals surface area contributed by atoms with Crippen molar-refractivity contribution >= 4 is 5.78 Å². The van der Waals surface area contributed by atoms with Crippen molar-refractivity contribution < 1.29 is 14.6 Å². The number of phenolic OH excluding ortho intramolecular Hbond substituents is 1. The molecular formula is C18H26O3. The van der Waals surface area contributed by atoms with E-state index in [1.54, 1.807) is 18.2 Å². The van der Waals surface area contributed by atoms with E-state index < -0.39 is 0 Å². The number of methoxy groups -OCH3 is 1. The molecule has 0 aromatic heterocycles. The molecule has 1 rings (SSSR count). The molecule has 3 heteroatoms. The summed E-state index contributed by atoms with van der Waals surface area (Å²) in [5.41, 5.74) is 1.08. The van der Waals surface area contributed by atoms with Crippen molar-refractivity contribution in [3.8, 4) is 11.5 Å². The lowest BCUT2D eigenvalue weighted by Crippen LogP contribution is -1.92. The predicted molar refractivity (Wildman–Crippen MR) is 85.9 cm³/mol. The van der Waals surface area contributed by atoms with Gasteiger partial charge in [-0.25, -0.2) is 0 Å². The summed E-state index contributed by atoms with van der Waals surface area (Å²) in [4.78, 5) is 11.5. The zero-order valence-corrected chi connectivity index (χ0v) is 13.1. The molecule has 0 spiro atoms. The van der Waals surface area contributed by atoms with Crippen molar-refractivity contribution in [3.05, 3.63) is 35.9 Å². The average molecular weight is 290 g/mol. The first kappa shape index (κ1) is 17.3. The summed E-state index contributed by atoms with van der Waals surface area (Å²) >= 11 is 0. The SMILES string of the molecule is CCCCCC(=O)C=CCCCc1ccc(OC)c(O)c1. The first-order valence-electron chi connectivity index (χ1n) is 7.72. The van der Waals surface area contributed by atoms with Crippen LogP contribution in [0.25, 0.3) is 0 Å². The second-order valence-electron chi connectivity index (χ2n) is 5.22. The van der Waals surface area contributed by atoms with Gasteiger partial charge in [0.2, 0.25) is 0 Å². The molecule has 0 aliphatic carbocycles. The van der Waals surface area contributed by atoms with E-state index >= 15 is 0 Å². The van der Waals surface area contributed by atoms with Gasteiger partial charge >= 0.3 is 0 Å². The molecule has 0 amide bonds. The molecule has 0 atom stereocenters. The molecule has 116 valence electrons. The number of unbranched alkanes of at least 4 members (excludes halogenated alkanes) is 3. The molecule has 0 saturated heterocycles. The average Bonchev–Trinajstić information content (AvgIpc) is 2.47. The molecule has 0 fully saturated rings. The number of benzene rings is 1. The minimum Gasteiger partial charge on any atom is -0.504 e. The van der Waals surface area contributed by atoms with E-state index in [0.717, 1.165) is 44.1 Å². The van der Waals surface area contributed by atoms with Crippen LogP contribution >= 0.6 is 0 Å². The van der Waals surface area contributed by atoms with Gasteiger partial charge in [0.05, 0.1) is 7.11 Å². The third kappa shape index (κ3) is 6.98. The molecule has 1 N–H and O–H groups in total. The molecule has 0 radical (unpaired) electrons. The van der Waals surface area contributed by atoms with Gasteiger partial charge in [0.1, 0.15) is 0 Å². The number of ketones is 1. The van der Waals surface area contributed by atoms with Crippen molar-refractivity contribution in [1.82, 2.24) is 0 Å². The van der Waals surface area contributed by atoms with Gasteiger partial charge in [0.25, 0.3) is 0 Å². The third-order valence-electron chi connectivity index (χ3n) is 3.41. The largest absolute Gasteiger partial charge is 0.504 e. The Morgan fingerprint density at radius 2 is 2.10 bits per heavy atom. The second-order valence-corrected chi connectivity index (χ2v) is 5.22. The van der Waals surface area contributed by atoms with Crippen LogP contribution in [-0.4, -0.2) is 18.0 Å². The Hall–Kier alpha value is -1.77. The molecule has 1 aromatic rings. The van der Waals surface area contributed by atoms with Crippen molar-refractivity contribution in [2.45, 2.75) is 51.9 Å². The van der Waals surface area contributed by atoms with E-state index in [4.69, 9.17) is 4.74 Å². The van der Waals surface area contributed by atoms with E-state index in [1.165, 1.54) is 7.11 Å². The number of aromatic hydroxyl groups is 1. The molecule has 0 unspecified atom stereocenters. The lowest BCUT2D eigenvalue weighted by atomic mass is 10.1. The number of rotatable bonds is 10. The first-order chi connectivity index (χ1) is 10.2. The highest BCUT2D eigenvalue weighted by Crippen LogP contribution is 2.26. The molecule has 1 aromatic carbocycles. The molecule has 3 nitrogen and oxygen atoms in total. The van der Waals surface area contributed by atoms with Crippen LogP contribution in [-0.2, 0) is 11.2 Å². The summed E-state index contributed by atoms with van der Waals surface area (Å²) in [6.45, 7) is 2.14. The Labute approximate surface area is 127 Å². The summed E-state index contributed by atoms with van der Waals surface area (Å²) in [6.07, 6.45) is 10.3. The van der Waals surface area contributed by atoms with E-state index in [9.17, 15) is 9.90 Å². The maximum atomic E-state index is 11.5. The van der Waals surface area contributed by atoms with E-state index in [1.807, 2.05) is 12.1 Å². The van der Waals surface area contributed by atoms with Crippen molar-refractivity contribution in [3.63, 3.8) is 0 Å². The van der Waals surface area contributed by atoms with Crippen LogP contribution in [0.4, 0.5) is 0 Å². The number of phenols is 1. The van der Waals surface area contributed by atoms with Crippen molar-refractivity contribution in [2.75, 3.05) is 7.11 Å². The highest BCUT2D eigenvalue weighted by molar-refractivity contribution is 5.89. The van der Waals surface area contributed by atoms with Gasteiger partial charge in [-0.15, -0.1) is 0 Å². The molecule has 21 heavy (non-hydrogen) atoms. The number of carbonyl (C=O) groups excluding carboxylic acids is 1. The van der Waals surface area contributed by atoms with Gasteiger partial charge in [-0.1, -0.05) is 31.9 Å². The van der Waals surface area contributed by atoms with Crippen LogP contribution in [0.1, 0.15) is 51.0 Å². The van der Waals surface area contributed by atoms with Crippen LogP contribution in [0.5, 0.6) is 11.5 Å². The zero-order chi connectivity index (χ0) is 15.5. The Morgan fingerprint density at radius 3 is 2.76 bits per heavy atom. The first-order valence-corrected chi connectivity index (χ1v) is 7.72. The summed E-state index contributed by atoms with van der Waals surface area (Å²) in [6, 6.07) is 5.47. The molecule has 0 heterocycles. The fourth-order valence-corrected chi connectivity index (χ4v) is 2.16.